The minimum atomic E-state index is 0.208. The number of nitrogen functional groups attached to an aromatic ring is 1. The lowest BCUT2D eigenvalue weighted by Crippen LogP contribution is -2.12. The molecule has 2 N–H and O–H groups in total. The monoisotopic (exact) mass is 313 g/mol. The highest BCUT2D eigenvalue weighted by atomic mass is 35.5. The minimum absolute atomic E-state index is 0.208. The first-order valence-corrected chi connectivity index (χ1v) is 7.04. The summed E-state index contributed by atoms with van der Waals surface area (Å²) in [6, 6.07) is 3.45. The van der Waals surface area contributed by atoms with Crippen molar-refractivity contribution in [2.75, 3.05) is 5.73 Å². The molecule has 0 aliphatic carbocycles. The highest BCUT2D eigenvalue weighted by Crippen LogP contribution is 2.33. The Hall–Kier alpha value is -1.33. The lowest BCUT2D eigenvalue weighted by Gasteiger charge is -2.17. The maximum absolute atomic E-state index is 6.05. The fraction of sp³-hybridized carbons (Fsp3) is 0.462. The first-order valence-electron chi connectivity index (χ1n) is 6.29. The van der Waals surface area contributed by atoms with Gasteiger partial charge in [0.05, 0.1) is 15.7 Å². The summed E-state index contributed by atoms with van der Waals surface area (Å²) in [4.78, 5) is 0. The number of aromatic nitrogens is 4. The summed E-state index contributed by atoms with van der Waals surface area (Å²) >= 11 is 12.0. The van der Waals surface area contributed by atoms with E-state index < -0.39 is 0 Å². The van der Waals surface area contributed by atoms with E-state index in [0.29, 0.717) is 21.6 Å². The molecule has 1 aromatic carbocycles. The fourth-order valence-electron chi connectivity index (χ4n) is 1.74. The summed E-state index contributed by atoms with van der Waals surface area (Å²) in [5.41, 5.74) is 7.21. The van der Waals surface area contributed by atoms with Gasteiger partial charge in [-0.1, -0.05) is 44.0 Å². The van der Waals surface area contributed by atoms with Crippen LogP contribution in [0.15, 0.2) is 12.1 Å². The molecule has 0 atom stereocenters. The standard InChI is InChI=1S/C13H17Cl2N5/c1-13(2,3)4-5-20-12(17-18-19-20)8-6-9(14)11(15)10(16)7-8/h6-7H,4-5,16H2,1-3H3. The second-order valence-electron chi connectivity index (χ2n) is 5.90. The Morgan fingerprint density at radius 2 is 1.95 bits per heavy atom. The van der Waals surface area contributed by atoms with Gasteiger partial charge in [-0.2, -0.15) is 0 Å². The molecule has 0 aliphatic heterocycles. The third kappa shape index (κ3) is 3.41. The summed E-state index contributed by atoms with van der Waals surface area (Å²) in [7, 11) is 0. The first-order chi connectivity index (χ1) is 9.28. The van der Waals surface area contributed by atoms with E-state index in [1.807, 2.05) is 0 Å². The van der Waals surface area contributed by atoms with Crippen LogP contribution in [0.2, 0.25) is 10.0 Å². The molecule has 0 aliphatic rings. The van der Waals surface area contributed by atoms with E-state index >= 15 is 0 Å². The van der Waals surface area contributed by atoms with E-state index in [2.05, 4.69) is 36.3 Å². The summed E-state index contributed by atoms with van der Waals surface area (Å²) in [6.45, 7) is 7.25. The summed E-state index contributed by atoms with van der Waals surface area (Å²) in [5, 5.41) is 12.5. The Morgan fingerprint density at radius 1 is 1.25 bits per heavy atom. The van der Waals surface area contributed by atoms with Gasteiger partial charge >= 0.3 is 0 Å². The number of aryl methyl sites for hydroxylation is 1. The maximum Gasteiger partial charge on any atom is 0.182 e. The molecule has 2 aromatic rings. The van der Waals surface area contributed by atoms with Crippen molar-refractivity contribution in [3.63, 3.8) is 0 Å². The molecule has 0 spiro atoms. The van der Waals surface area contributed by atoms with Crippen LogP contribution in [0, 0.1) is 5.41 Å². The summed E-state index contributed by atoms with van der Waals surface area (Å²) in [6.07, 6.45) is 0.960. The predicted molar refractivity (Wildman–Crippen MR) is 81.8 cm³/mol. The Kier molecular flexibility index (Phi) is 4.20. The number of hydrogen-bond donors (Lipinski definition) is 1. The van der Waals surface area contributed by atoms with Crippen LogP contribution in [0.4, 0.5) is 5.69 Å². The van der Waals surface area contributed by atoms with Gasteiger partial charge in [-0.25, -0.2) is 4.68 Å². The number of benzene rings is 1. The van der Waals surface area contributed by atoms with Gasteiger partial charge in [0.2, 0.25) is 0 Å². The van der Waals surface area contributed by atoms with Crippen LogP contribution in [0.3, 0.4) is 0 Å². The second kappa shape index (κ2) is 5.58. The molecule has 0 radical (unpaired) electrons. The van der Waals surface area contributed by atoms with Crippen LogP contribution in [-0.4, -0.2) is 20.2 Å². The molecule has 0 fully saturated rings. The van der Waals surface area contributed by atoms with Gasteiger partial charge in [0.25, 0.3) is 0 Å². The smallest absolute Gasteiger partial charge is 0.182 e. The summed E-state index contributed by atoms with van der Waals surface area (Å²) < 4.78 is 1.75. The van der Waals surface area contributed by atoms with Crippen molar-refractivity contribution in [1.82, 2.24) is 20.2 Å². The number of anilines is 1. The average molecular weight is 314 g/mol. The van der Waals surface area contributed by atoms with Crippen molar-refractivity contribution in [3.8, 4) is 11.4 Å². The van der Waals surface area contributed by atoms with Crippen LogP contribution < -0.4 is 5.73 Å². The zero-order valence-electron chi connectivity index (χ0n) is 11.7. The van der Waals surface area contributed by atoms with Gasteiger partial charge in [-0.3, -0.25) is 0 Å². The Morgan fingerprint density at radius 3 is 2.55 bits per heavy atom. The second-order valence-corrected chi connectivity index (χ2v) is 6.68. The number of tetrazole rings is 1. The first kappa shape index (κ1) is 15.1. The third-order valence-electron chi connectivity index (χ3n) is 2.92. The topological polar surface area (TPSA) is 69.6 Å². The predicted octanol–water partition coefficient (Wildman–Crippen LogP) is 3.67. The van der Waals surface area contributed by atoms with Gasteiger partial charge in [0.1, 0.15) is 0 Å². The largest absolute Gasteiger partial charge is 0.397 e. The van der Waals surface area contributed by atoms with Crippen molar-refractivity contribution in [3.05, 3.63) is 22.2 Å². The molecule has 2 rings (SSSR count). The molecular weight excluding hydrogens is 297 g/mol. The van der Waals surface area contributed by atoms with Gasteiger partial charge < -0.3 is 5.73 Å². The molecule has 20 heavy (non-hydrogen) atoms. The highest BCUT2D eigenvalue weighted by Gasteiger charge is 2.16. The van der Waals surface area contributed by atoms with Gasteiger partial charge in [0, 0.05) is 12.1 Å². The molecular formula is C13H17Cl2N5. The zero-order valence-corrected chi connectivity index (χ0v) is 13.2. The maximum atomic E-state index is 6.05. The Balaban J connectivity index is 2.33. The third-order valence-corrected chi connectivity index (χ3v) is 3.74. The molecule has 0 amide bonds. The summed E-state index contributed by atoms with van der Waals surface area (Å²) in [5.74, 6) is 0.638. The Bertz CT molecular complexity index is 592. The number of nitrogens with zero attached hydrogens (tertiary/aromatic N) is 4. The lowest BCUT2D eigenvalue weighted by atomic mass is 9.92. The van der Waals surface area contributed by atoms with E-state index in [9.17, 15) is 0 Å². The molecule has 0 bridgehead atoms. The van der Waals surface area contributed by atoms with E-state index in [-0.39, 0.29) is 5.41 Å². The molecule has 0 saturated heterocycles. The number of hydrogen-bond acceptors (Lipinski definition) is 4. The zero-order chi connectivity index (χ0) is 14.9. The lowest BCUT2D eigenvalue weighted by molar-refractivity contribution is 0.340. The minimum Gasteiger partial charge on any atom is -0.397 e. The number of rotatable bonds is 3. The van der Waals surface area contributed by atoms with E-state index in [0.717, 1.165) is 18.5 Å². The Labute approximate surface area is 128 Å². The van der Waals surface area contributed by atoms with Gasteiger partial charge in [0.15, 0.2) is 5.82 Å². The van der Waals surface area contributed by atoms with Crippen molar-refractivity contribution in [2.24, 2.45) is 5.41 Å². The van der Waals surface area contributed by atoms with Gasteiger partial charge in [-0.15, -0.1) is 5.10 Å². The van der Waals surface area contributed by atoms with E-state index in [4.69, 9.17) is 28.9 Å². The van der Waals surface area contributed by atoms with Crippen LogP contribution in [0.5, 0.6) is 0 Å². The van der Waals surface area contributed by atoms with Crippen molar-refractivity contribution < 1.29 is 0 Å². The highest BCUT2D eigenvalue weighted by molar-refractivity contribution is 6.43. The van der Waals surface area contributed by atoms with Crippen molar-refractivity contribution in [1.29, 1.82) is 0 Å². The molecule has 1 aromatic heterocycles. The van der Waals surface area contributed by atoms with Crippen LogP contribution in [0.1, 0.15) is 27.2 Å². The van der Waals surface area contributed by atoms with E-state index in [1.165, 1.54) is 0 Å². The fourth-order valence-corrected chi connectivity index (χ4v) is 2.08. The molecule has 1 heterocycles. The van der Waals surface area contributed by atoms with Crippen LogP contribution in [-0.2, 0) is 6.54 Å². The van der Waals surface area contributed by atoms with Crippen LogP contribution in [0.25, 0.3) is 11.4 Å². The van der Waals surface area contributed by atoms with Crippen LogP contribution >= 0.6 is 23.2 Å². The number of nitrogens with two attached hydrogens (primary N) is 1. The molecule has 5 nitrogen and oxygen atoms in total. The molecule has 108 valence electrons. The van der Waals surface area contributed by atoms with E-state index in [1.54, 1.807) is 16.8 Å². The van der Waals surface area contributed by atoms with Gasteiger partial charge in [-0.05, 0) is 34.4 Å². The molecule has 7 heteroatoms. The SMILES string of the molecule is CC(C)(C)CCn1nnnc1-c1cc(N)c(Cl)c(Cl)c1. The normalized spacial score (nSPS) is 11.8. The average Bonchev–Trinajstić information content (AvgIpc) is 2.80. The molecule has 0 unspecified atom stereocenters. The quantitative estimate of drug-likeness (QED) is 0.878. The van der Waals surface area contributed by atoms with Crippen molar-refractivity contribution in [2.45, 2.75) is 33.7 Å². The number of halogens is 2. The van der Waals surface area contributed by atoms with Crippen molar-refractivity contribution >= 4 is 28.9 Å². The molecule has 0 saturated carbocycles.